The van der Waals surface area contributed by atoms with Crippen molar-refractivity contribution in [2.75, 3.05) is 26.8 Å². The van der Waals surface area contributed by atoms with E-state index in [4.69, 9.17) is 5.11 Å². The van der Waals surface area contributed by atoms with Gasteiger partial charge in [-0.3, -0.25) is 4.90 Å². The molecular weight excluding hydrogens is 383 g/mol. The summed E-state index contributed by atoms with van der Waals surface area (Å²) in [5, 5.41) is 24.1. The third-order valence-corrected chi connectivity index (χ3v) is 4.94. The van der Waals surface area contributed by atoms with E-state index >= 15 is 0 Å². The Morgan fingerprint density at radius 2 is 1.90 bits per heavy atom. The highest BCUT2D eigenvalue weighted by atomic mass is 19.1. The minimum atomic E-state index is -1.55. The van der Waals surface area contributed by atoms with Crippen LogP contribution in [0.5, 0.6) is 0 Å². The molecule has 0 aliphatic rings. The molecule has 30 heavy (non-hydrogen) atoms. The molecule has 6 heteroatoms. The molecule has 0 aliphatic heterocycles. The second kappa shape index (κ2) is 10.1. The van der Waals surface area contributed by atoms with E-state index in [0.717, 1.165) is 0 Å². The first kappa shape index (κ1) is 23.3. The smallest absolute Gasteiger partial charge is 0.335 e. The largest absolute Gasteiger partial charge is 0.478 e. The van der Waals surface area contributed by atoms with Crippen LogP contribution in [0.2, 0.25) is 0 Å². The zero-order chi connectivity index (χ0) is 22.3. The molecule has 2 aromatic rings. The van der Waals surface area contributed by atoms with Crippen LogP contribution in [-0.4, -0.2) is 47.9 Å². The number of benzene rings is 2. The summed E-state index contributed by atoms with van der Waals surface area (Å²) in [5.41, 5.74) is 3.41. The minimum Gasteiger partial charge on any atom is -0.478 e. The van der Waals surface area contributed by atoms with Gasteiger partial charge in [-0.15, -0.1) is 5.73 Å². The zero-order valence-corrected chi connectivity index (χ0v) is 17.3. The van der Waals surface area contributed by atoms with Crippen molar-refractivity contribution in [2.24, 2.45) is 0 Å². The minimum absolute atomic E-state index is 0.140. The number of nitrogens with one attached hydrogen (secondary N) is 1. The third-order valence-electron chi connectivity index (χ3n) is 4.94. The summed E-state index contributed by atoms with van der Waals surface area (Å²) >= 11 is 0. The average molecular weight is 410 g/mol. The number of aliphatic hydroxyl groups is 1. The lowest BCUT2D eigenvalue weighted by Gasteiger charge is -2.37. The molecule has 2 rings (SSSR count). The molecule has 0 amide bonds. The highest BCUT2D eigenvalue weighted by molar-refractivity contribution is 5.88. The topological polar surface area (TPSA) is 72.8 Å². The maximum Gasteiger partial charge on any atom is 0.335 e. The van der Waals surface area contributed by atoms with Gasteiger partial charge in [-0.25, -0.2) is 9.18 Å². The first-order valence-electron chi connectivity index (χ1n) is 9.46. The van der Waals surface area contributed by atoms with Crippen LogP contribution < -0.4 is 5.32 Å². The van der Waals surface area contributed by atoms with Crippen molar-refractivity contribution in [3.05, 3.63) is 95.5 Å². The molecule has 0 fully saturated rings. The maximum atomic E-state index is 13.7. The number of carboxylic acid groups (broad SMARTS) is 1. The average Bonchev–Trinajstić information content (AvgIpc) is 2.71. The summed E-state index contributed by atoms with van der Waals surface area (Å²) in [6.45, 7) is 10.6. The molecule has 3 N–H and O–H groups in total. The number of halogens is 1. The predicted octanol–water partition coefficient (Wildman–Crippen LogP) is 3.55. The van der Waals surface area contributed by atoms with Gasteiger partial charge in [0.05, 0.1) is 5.56 Å². The van der Waals surface area contributed by atoms with E-state index in [-0.39, 0.29) is 12.1 Å². The number of rotatable bonds is 10. The molecule has 0 aliphatic carbocycles. The van der Waals surface area contributed by atoms with Gasteiger partial charge < -0.3 is 15.5 Å². The van der Waals surface area contributed by atoms with Gasteiger partial charge in [-0.1, -0.05) is 31.4 Å². The highest BCUT2D eigenvalue weighted by Gasteiger charge is 2.36. The van der Waals surface area contributed by atoms with Crippen LogP contribution in [-0.2, 0) is 5.60 Å². The second-order valence-electron chi connectivity index (χ2n) is 7.11. The van der Waals surface area contributed by atoms with E-state index in [2.05, 4.69) is 24.2 Å². The van der Waals surface area contributed by atoms with E-state index in [1.165, 1.54) is 24.3 Å². The van der Waals surface area contributed by atoms with E-state index < -0.39 is 17.4 Å². The summed E-state index contributed by atoms with van der Waals surface area (Å²) in [7, 11) is 1.80. The first-order valence-corrected chi connectivity index (χ1v) is 9.46. The van der Waals surface area contributed by atoms with Crippen molar-refractivity contribution < 1.29 is 19.4 Å². The maximum absolute atomic E-state index is 13.7. The Morgan fingerprint density at radius 1 is 1.27 bits per heavy atom. The fraction of sp³-hybridized carbons (Fsp3) is 0.250. The highest BCUT2D eigenvalue weighted by Crippen LogP contribution is 2.38. The van der Waals surface area contributed by atoms with Crippen molar-refractivity contribution in [2.45, 2.75) is 12.5 Å². The molecule has 1 unspecified atom stereocenters. The standard InChI is InChI=1S/C24H27FN2O3/c1-5-6-13-27(16-26-4)15-24(30,22-12-11-21(25)14-17(22)2)18(3)19-7-9-20(10-8-19)23(28)29/h6-12,14,26,30H,1,3,13,15-16H2,2,4H3,(H,28,29). The Bertz CT molecular complexity index is 965. The third kappa shape index (κ3) is 5.32. The molecule has 0 saturated heterocycles. The van der Waals surface area contributed by atoms with Crippen LogP contribution in [0.4, 0.5) is 4.39 Å². The molecule has 0 radical (unpaired) electrons. The van der Waals surface area contributed by atoms with Crippen molar-refractivity contribution in [1.82, 2.24) is 10.2 Å². The second-order valence-corrected chi connectivity index (χ2v) is 7.11. The lowest BCUT2D eigenvalue weighted by molar-refractivity contribution is 0.0535. The summed E-state index contributed by atoms with van der Waals surface area (Å²) < 4.78 is 13.7. The number of hydrogen-bond acceptors (Lipinski definition) is 4. The Balaban J connectivity index is 2.54. The molecule has 0 aromatic heterocycles. The number of aryl methyl sites for hydroxylation is 1. The summed E-state index contributed by atoms with van der Waals surface area (Å²) in [6.07, 6.45) is 1.75. The summed E-state index contributed by atoms with van der Waals surface area (Å²) in [5.74, 6) is -1.43. The van der Waals surface area contributed by atoms with Gasteiger partial charge in [0.25, 0.3) is 0 Å². The van der Waals surface area contributed by atoms with Crippen LogP contribution >= 0.6 is 0 Å². The quantitative estimate of drug-likeness (QED) is 0.413. The van der Waals surface area contributed by atoms with Gasteiger partial charge in [0.2, 0.25) is 0 Å². The molecule has 1 atom stereocenters. The Labute approximate surface area is 176 Å². The Kier molecular flexibility index (Phi) is 7.86. The molecule has 0 heterocycles. The molecule has 0 bridgehead atoms. The fourth-order valence-corrected chi connectivity index (χ4v) is 3.41. The molecule has 0 saturated carbocycles. The summed E-state index contributed by atoms with van der Waals surface area (Å²) in [6, 6.07) is 10.4. The van der Waals surface area contributed by atoms with Crippen LogP contribution in [0, 0.1) is 12.7 Å². The lowest BCUT2D eigenvalue weighted by atomic mass is 9.80. The van der Waals surface area contributed by atoms with Crippen LogP contribution in [0.3, 0.4) is 0 Å². The van der Waals surface area contributed by atoms with Crippen molar-refractivity contribution in [1.29, 1.82) is 0 Å². The molecule has 5 nitrogen and oxygen atoms in total. The van der Waals surface area contributed by atoms with Crippen molar-refractivity contribution in [3.63, 3.8) is 0 Å². The number of hydrogen-bond donors (Lipinski definition) is 3. The normalized spacial score (nSPS) is 12.8. The van der Waals surface area contributed by atoms with Gasteiger partial charge >= 0.3 is 5.97 Å². The van der Waals surface area contributed by atoms with Crippen LogP contribution in [0.25, 0.3) is 5.57 Å². The van der Waals surface area contributed by atoms with Gasteiger partial charge in [0.1, 0.15) is 11.4 Å². The van der Waals surface area contributed by atoms with Gasteiger partial charge in [-0.2, -0.15) is 0 Å². The monoisotopic (exact) mass is 410 g/mol. The number of aromatic carboxylic acids is 1. The van der Waals surface area contributed by atoms with Crippen molar-refractivity contribution >= 4 is 11.5 Å². The molecular formula is C24H27FN2O3. The van der Waals surface area contributed by atoms with Gasteiger partial charge in [0.15, 0.2) is 0 Å². The number of nitrogens with zero attached hydrogens (tertiary/aromatic N) is 1. The predicted molar refractivity (Wildman–Crippen MR) is 117 cm³/mol. The van der Waals surface area contributed by atoms with Gasteiger partial charge in [-0.05, 0) is 66.6 Å². The molecule has 0 spiro atoms. The molecule has 2 aromatic carbocycles. The van der Waals surface area contributed by atoms with Crippen LogP contribution in [0.15, 0.2) is 67.4 Å². The van der Waals surface area contributed by atoms with E-state index in [1.807, 2.05) is 4.90 Å². The zero-order valence-electron chi connectivity index (χ0n) is 17.3. The van der Waals surface area contributed by atoms with Crippen LogP contribution in [0.1, 0.15) is 27.0 Å². The Morgan fingerprint density at radius 3 is 2.43 bits per heavy atom. The van der Waals surface area contributed by atoms with E-state index in [0.29, 0.717) is 35.5 Å². The van der Waals surface area contributed by atoms with E-state index in [9.17, 15) is 14.3 Å². The number of carbonyl (C=O) groups is 1. The summed E-state index contributed by atoms with van der Waals surface area (Å²) in [4.78, 5) is 13.1. The Hall–Kier alpha value is -3.02. The van der Waals surface area contributed by atoms with Gasteiger partial charge in [0, 0.05) is 19.8 Å². The van der Waals surface area contributed by atoms with Crippen molar-refractivity contribution in [3.8, 4) is 0 Å². The SMILES string of the molecule is C=C=CCN(CNC)CC(O)(C(=C)c1ccc(C(=O)O)cc1)c1ccc(F)cc1C. The number of carboxylic acids is 1. The molecule has 158 valence electrons. The van der Waals surface area contributed by atoms with E-state index in [1.54, 1.807) is 38.2 Å². The fourth-order valence-electron chi connectivity index (χ4n) is 3.41. The first-order chi connectivity index (χ1) is 14.2. The lowest BCUT2D eigenvalue weighted by Crippen LogP contribution is -2.45.